The summed E-state index contributed by atoms with van der Waals surface area (Å²) >= 11 is 0. The van der Waals surface area contributed by atoms with Gasteiger partial charge in [-0.1, -0.05) is 13.3 Å². The van der Waals surface area contributed by atoms with Crippen molar-refractivity contribution in [2.45, 2.75) is 51.7 Å². The normalized spacial score (nSPS) is 16.5. The first-order valence-electron chi connectivity index (χ1n) is 10.8. The van der Waals surface area contributed by atoms with Crippen LogP contribution >= 0.6 is 24.0 Å². The maximum Gasteiger partial charge on any atom is 0.191 e. The summed E-state index contributed by atoms with van der Waals surface area (Å²) in [6.45, 7) is 8.76. The number of hydrogen-bond donors (Lipinski definition) is 3. The van der Waals surface area contributed by atoms with E-state index in [1.54, 1.807) is 26.4 Å². The Hall–Kier alpha value is -1.26. The molecule has 1 unspecified atom stereocenters. The highest BCUT2D eigenvalue weighted by Gasteiger charge is 2.20. The van der Waals surface area contributed by atoms with Crippen LogP contribution in [0.15, 0.2) is 23.2 Å². The summed E-state index contributed by atoms with van der Waals surface area (Å²) < 4.78 is 10.7. The first-order valence-corrected chi connectivity index (χ1v) is 10.8. The van der Waals surface area contributed by atoms with Gasteiger partial charge in [0.1, 0.15) is 17.6 Å². The van der Waals surface area contributed by atoms with Crippen LogP contribution < -0.4 is 20.1 Å². The Balaban J connectivity index is 0.00000450. The molecule has 30 heavy (non-hydrogen) atoms. The molecule has 3 N–H and O–H groups in total. The SMILES string of the molecule is CCCCN1CCC(NC(=NCC(O)c2cc(OC)ccc2OC)NCC)CC1.I. The number of methoxy groups -OCH3 is 2. The van der Waals surface area contributed by atoms with Crippen LogP contribution in [0, 0.1) is 0 Å². The zero-order chi connectivity index (χ0) is 21.1. The number of nitrogens with one attached hydrogen (secondary N) is 2. The monoisotopic (exact) mass is 534 g/mol. The average molecular weight is 534 g/mol. The molecule has 0 spiro atoms. The third-order valence-electron chi connectivity index (χ3n) is 5.32. The Morgan fingerprint density at radius 1 is 1.23 bits per heavy atom. The lowest BCUT2D eigenvalue weighted by Crippen LogP contribution is -2.48. The highest BCUT2D eigenvalue weighted by Crippen LogP contribution is 2.29. The van der Waals surface area contributed by atoms with Gasteiger partial charge in [-0.2, -0.15) is 0 Å². The van der Waals surface area contributed by atoms with Crippen LogP contribution in [0.2, 0.25) is 0 Å². The lowest BCUT2D eigenvalue weighted by atomic mass is 10.0. The highest BCUT2D eigenvalue weighted by molar-refractivity contribution is 14.0. The van der Waals surface area contributed by atoms with E-state index in [4.69, 9.17) is 9.47 Å². The summed E-state index contributed by atoms with van der Waals surface area (Å²) in [5, 5.41) is 17.5. The van der Waals surface area contributed by atoms with Crippen LogP contribution in [-0.4, -0.2) is 69.0 Å². The minimum absolute atomic E-state index is 0. The van der Waals surface area contributed by atoms with Crippen LogP contribution in [0.5, 0.6) is 11.5 Å². The van der Waals surface area contributed by atoms with Crippen LogP contribution in [0.25, 0.3) is 0 Å². The van der Waals surface area contributed by atoms with Crippen molar-refractivity contribution in [3.63, 3.8) is 0 Å². The second kappa shape index (κ2) is 14.7. The van der Waals surface area contributed by atoms with Crippen LogP contribution in [0.3, 0.4) is 0 Å². The van der Waals surface area contributed by atoms with Crippen molar-refractivity contribution in [1.29, 1.82) is 0 Å². The number of halogens is 1. The Labute approximate surface area is 198 Å². The van der Waals surface area contributed by atoms with Gasteiger partial charge in [0.2, 0.25) is 0 Å². The minimum atomic E-state index is -0.772. The van der Waals surface area contributed by atoms with Gasteiger partial charge >= 0.3 is 0 Å². The molecule has 1 saturated heterocycles. The Bertz CT molecular complexity index is 637. The molecule has 1 aromatic carbocycles. The quantitative estimate of drug-likeness (QED) is 0.243. The Morgan fingerprint density at radius 2 is 1.97 bits per heavy atom. The van der Waals surface area contributed by atoms with Crippen LogP contribution in [0.1, 0.15) is 51.2 Å². The second-order valence-corrected chi connectivity index (χ2v) is 7.46. The van der Waals surface area contributed by atoms with Crippen molar-refractivity contribution in [3.8, 4) is 11.5 Å². The van der Waals surface area contributed by atoms with E-state index in [0.29, 0.717) is 23.1 Å². The van der Waals surface area contributed by atoms with E-state index in [9.17, 15) is 5.11 Å². The number of likely N-dealkylation sites (tertiary alicyclic amines) is 1. The van der Waals surface area contributed by atoms with Crippen LogP contribution in [0.4, 0.5) is 0 Å². The molecule has 0 radical (unpaired) electrons. The molecule has 0 amide bonds. The smallest absolute Gasteiger partial charge is 0.191 e. The fourth-order valence-electron chi connectivity index (χ4n) is 3.57. The summed E-state index contributed by atoms with van der Waals surface area (Å²) in [5.41, 5.74) is 0.677. The first-order chi connectivity index (χ1) is 14.1. The number of benzene rings is 1. The molecule has 0 aromatic heterocycles. The van der Waals surface area contributed by atoms with E-state index in [1.807, 2.05) is 13.0 Å². The molecule has 1 aromatic rings. The summed E-state index contributed by atoms with van der Waals surface area (Å²) in [4.78, 5) is 7.16. The largest absolute Gasteiger partial charge is 0.497 e. The van der Waals surface area contributed by atoms with Crippen molar-refractivity contribution in [1.82, 2.24) is 15.5 Å². The molecule has 8 heteroatoms. The van der Waals surface area contributed by atoms with Gasteiger partial charge in [0.25, 0.3) is 0 Å². The molecule has 1 heterocycles. The maximum atomic E-state index is 10.7. The number of guanidine groups is 1. The zero-order valence-corrected chi connectivity index (χ0v) is 21.1. The standard InChI is InChI=1S/C22H38N4O3.HI/c1-5-7-12-26-13-10-17(11-14-26)25-22(23-6-2)24-16-20(27)19-15-18(28-3)8-9-21(19)29-4;/h8-9,15,17,20,27H,5-7,10-14,16H2,1-4H3,(H2,23,24,25);1H. The number of piperidine rings is 1. The lowest BCUT2D eigenvalue weighted by Gasteiger charge is -2.33. The summed E-state index contributed by atoms with van der Waals surface area (Å²) in [5.74, 6) is 2.06. The van der Waals surface area contributed by atoms with Gasteiger partial charge < -0.3 is 30.1 Å². The molecule has 0 aliphatic carbocycles. The summed E-state index contributed by atoms with van der Waals surface area (Å²) in [6, 6.07) is 5.83. The Morgan fingerprint density at radius 3 is 2.57 bits per heavy atom. The van der Waals surface area contributed by atoms with Gasteiger partial charge in [0, 0.05) is 31.2 Å². The Kier molecular flexibility index (Phi) is 13.1. The van der Waals surface area contributed by atoms with E-state index in [-0.39, 0.29) is 30.5 Å². The van der Waals surface area contributed by atoms with Gasteiger partial charge in [-0.05, 0) is 50.9 Å². The van der Waals surface area contributed by atoms with Gasteiger partial charge in [0.15, 0.2) is 5.96 Å². The van der Waals surface area contributed by atoms with Gasteiger partial charge in [-0.25, -0.2) is 0 Å². The summed E-state index contributed by atoms with van der Waals surface area (Å²) in [6.07, 6.45) is 3.97. The lowest BCUT2D eigenvalue weighted by molar-refractivity contribution is 0.181. The molecule has 1 aliphatic rings. The van der Waals surface area contributed by atoms with E-state index in [2.05, 4.69) is 27.4 Å². The van der Waals surface area contributed by atoms with E-state index < -0.39 is 6.10 Å². The number of rotatable bonds is 10. The molecular weight excluding hydrogens is 495 g/mol. The average Bonchev–Trinajstić information content (AvgIpc) is 2.76. The highest BCUT2D eigenvalue weighted by atomic mass is 127. The topological polar surface area (TPSA) is 78.4 Å². The molecule has 1 atom stereocenters. The molecular formula is C22H39IN4O3. The first kappa shape index (κ1) is 26.8. The van der Waals surface area contributed by atoms with Gasteiger partial charge in [0.05, 0.1) is 20.8 Å². The number of unbranched alkanes of at least 4 members (excludes halogenated alkanes) is 1. The predicted octanol–water partition coefficient (Wildman–Crippen LogP) is 3.17. The predicted molar refractivity (Wildman–Crippen MR) is 133 cm³/mol. The van der Waals surface area contributed by atoms with Crippen molar-refractivity contribution >= 4 is 29.9 Å². The second-order valence-electron chi connectivity index (χ2n) is 7.46. The minimum Gasteiger partial charge on any atom is -0.497 e. The number of hydrogen-bond acceptors (Lipinski definition) is 5. The van der Waals surface area contributed by atoms with E-state index >= 15 is 0 Å². The van der Waals surface area contributed by atoms with Crippen molar-refractivity contribution in [2.24, 2.45) is 4.99 Å². The third kappa shape index (κ3) is 8.47. The molecule has 7 nitrogen and oxygen atoms in total. The number of nitrogens with zero attached hydrogens (tertiary/aromatic N) is 2. The van der Waals surface area contributed by atoms with E-state index in [0.717, 1.165) is 38.4 Å². The third-order valence-corrected chi connectivity index (χ3v) is 5.32. The zero-order valence-electron chi connectivity index (χ0n) is 18.8. The molecule has 0 saturated carbocycles. The molecule has 1 aliphatic heterocycles. The fraction of sp³-hybridized carbons (Fsp3) is 0.682. The molecule has 0 bridgehead atoms. The molecule has 1 fully saturated rings. The van der Waals surface area contributed by atoms with Gasteiger partial charge in [-0.15, -0.1) is 24.0 Å². The van der Waals surface area contributed by atoms with Crippen molar-refractivity contribution in [3.05, 3.63) is 23.8 Å². The number of aliphatic imine (C=N–C) groups is 1. The van der Waals surface area contributed by atoms with E-state index in [1.165, 1.54) is 19.4 Å². The van der Waals surface area contributed by atoms with Crippen molar-refractivity contribution in [2.75, 3.05) is 46.9 Å². The molecule has 172 valence electrons. The van der Waals surface area contributed by atoms with Gasteiger partial charge in [-0.3, -0.25) is 4.99 Å². The number of aliphatic hydroxyl groups excluding tert-OH is 1. The molecule has 2 rings (SSSR count). The maximum absolute atomic E-state index is 10.7. The van der Waals surface area contributed by atoms with Crippen LogP contribution in [-0.2, 0) is 0 Å². The number of aliphatic hydroxyl groups is 1. The number of ether oxygens (including phenoxy) is 2. The van der Waals surface area contributed by atoms with Crippen molar-refractivity contribution < 1.29 is 14.6 Å². The fourth-order valence-corrected chi connectivity index (χ4v) is 3.57. The summed E-state index contributed by atoms with van der Waals surface area (Å²) in [7, 11) is 3.21.